The van der Waals surface area contributed by atoms with Crippen LogP contribution in [-0.4, -0.2) is 43.5 Å². The highest BCUT2D eigenvalue weighted by Crippen LogP contribution is 2.25. The molecule has 1 saturated heterocycles. The van der Waals surface area contributed by atoms with Crippen LogP contribution in [0.25, 0.3) is 0 Å². The van der Waals surface area contributed by atoms with Gasteiger partial charge in [0.1, 0.15) is 0 Å². The maximum Gasteiger partial charge on any atom is 0.306 e. The number of ether oxygens (including phenoxy) is 1. The van der Waals surface area contributed by atoms with E-state index < -0.39 is 0 Å². The average Bonchev–Trinajstić information content (AvgIpc) is 2.67. The van der Waals surface area contributed by atoms with Gasteiger partial charge in [0.05, 0.1) is 13.5 Å². The first-order valence-corrected chi connectivity index (χ1v) is 6.83. The molecule has 5 heteroatoms. The number of nitrogens with one attached hydrogen (secondary N) is 1. The number of nitrogens with zero attached hydrogens (tertiary/aromatic N) is 1. The Bertz CT molecular complexity index is 461. The highest BCUT2D eigenvalue weighted by Gasteiger charge is 2.26. The Balaban J connectivity index is 2.12. The fourth-order valence-electron chi connectivity index (χ4n) is 2.48. The van der Waals surface area contributed by atoms with Crippen LogP contribution in [0.4, 0.5) is 0 Å². The Labute approximate surface area is 118 Å². The summed E-state index contributed by atoms with van der Waals surface area (Å²) >= 11 is 0. The van der Waals surface area contributed by atoms with Crippen molar-refractivity contribution in [2.75, 3.05) is 26.7 Å². The molecule has 20 heavy (non-hydrogen) atoms. The second-order valence-corrected chi connectivity index (χ2v) is 4.84. The van der Waals surface area contributed by atoms with Gasteiger partial charge in [-0.3, -0.25) is 14.5 Å². The van der Waals surface area contributed by atoms with Gasteiger partial charge in [-0.05, 0) is 5.56 Å². The molecule has 0 radical (unpaired) electrons. The smallest absolute Gasteiger partial charge is 0.306 e. The summed E-state index contributed by atoms with van der Waals surface area (Å²) in [7, 11) is 1.39. The van der Waals surface area contributed by atoms with Crippen LogP contribution in [0.1, 0.15) is 24.4 Å². The molecule has 1 aromatic rings. The molecule has 1 N–H and O–H groups in total. The predicted molar refractivity (Wildman–Crippen MR) is 75.0 cm³/mol. The van der Waals surface area contributed by atoms with E-state index in [4.69, 9.17) is 0 Å². The quantitative estimate of drug-likeness (QED) is 0.837. The van der Waals surface area contributed by atoms with Crippen LogP contribution >= 0.6 is 0 Å². The normalized spacial score (nSPS) is 20.1. The summed E-state index contributed by atoms with van der Waals surface area (Å²) in [5, 5.41) is 2.88. The van der Waals surface area contributed by atoms with Crippen LogP contribution in [0.2, 0.25) is 0 Å². The van der Waals surface area contributed by atoms with Gasteiger partial charge in [-0.1, -0.05) is 30.3 Å². The maximum absolute atomic E-state index is 11.8. The minimum Gasteiger partial charge on any atom is -0.469 e. The SMILES string of the molecule is COC(=O)CCN1CCNC(=O)C[C@@H]1c1ccccc1. The van der Waals surface area contributed by atoms with Crippen LogP contribution in [0.15, 0.2) is 30.3 Å². The van der Waals surface area contributed by atoms with Crippen molar-refractivity contribution in [2.45, 2.75) is 18.9 Å². The molecule has 108 valence electrons. The maximum atomic E-state index is 11.8. The molecule has 0 aliphatic carbocycles. The van der Waals surface area contributed by atoms with Crippen LogP contribution in [0.5, 0.6) is 0 Å². The van der Waals surface area contributed by atoms with Gasteiger partial charge in [0, 0.05) is 32.1 Å². The Morgan fingerprint density at radius 3 is 2.85 bits per heavy atom. The lowest BCUT2D eigenvalue weighted by molar-refractivity contribution is -0.141. The van der Waals surface area contributed by atoms with Crippen molar-refractivity contribution in [3.8, 4) is 0 Å². The van der Waals surface area contributed by atoms with E-state index in [9.17, 15) is 9.59 Å². The zero-order chi connectivity index (χ0) is 14.4. The summed E-state index contributed by atoms with van der Waals surface area (Å²) in [5.74, 6) is -0.167. The molecule has 0 saturated carbocycles. The Hall–Kier alpha value is -1.88. The summed E-state index contributed by atoms with van der Waals surface area (Å²) in [6.45, 7) is 1.95. The highest BCUT2D eigenvalue weighted by atomic mass is 16.5. The van der Waals surface area contributed by atoms with Crippen molar-refractivity contribution >= 4 is 11.9 Å². The molecule has 1 fully saturated rings. The molecule has 0 unspecified atom stereocenters. The first-order chi connectivity index (χ1) is 9.70. The van der Waals surface area contributed by atoms with E-state index in [0.717, 1.165) is 12.1 Å². The van der Waals surface area contributed by atoms with E-state index in [1.165, 1.54) is 7.11 Å². The number of amides is 1. The highest BCUT2D eigenvalue weighted by molar-refractivity contribution is 5.77. The molecule has 5 nitrogen and oxygen atoms in total. The van der Waals surface area contributed by atoms with Gasteiger partial charge in [0.15, 0.2) is 0 Å². The number of benzene rings is 1. The summed E-state index contributed by atoms with van der Waals surface area (Å²) in [6.07, 6.45) is 0.763. The minimum absolute atomic E-state index is 0.0170. The van der Waals surface area contributed by atoms with Crippen molar-refractivity contribution in [3.05, 3.63) is 35.9 Å². The van der Waals surface area contributed by atoms with Gasteiger partial charge in [0.2, 0.25) is 5.91 Å². The third-order valence-corrected chi connectivity index (χ3v) is 3.56. The van der Waals surface area contributed by atoms with Crippen molar-refractivity contribution in [1.82, 2.24) is 10.2 Å². The Kier molecular flexibility index (Phi) is 5.12. The number of hydrogen-bond donors (Lipinski definition) is 1. The van der Waals surface area contributed by atoms with Crippen LogP contribution in [0.3, 0.4) is 0 Å². The van der Waals surface area contributed by atoms with Gasteiger partial charge < -0.3 is 10.1 Å². The number of esters is 1. The molecule has 0 spiro atoms. The fourth-order valence-corrected chi connectivity index (χ4v) is 2.48. The third kappa shape index (κ3) is 3.81. The molecule has 2 rings (SSSR count). The van der Waals surface area contributed by atoms with Crippen LogP contribution in [0, 0.1) is 0 Å². The third-order valence-electron chi connectivity index (χ3n) is 3.56. The Morgan fingerprint density at radius 2 is 2.15 bits per heavy atom. The van der Waals surface area contributed by atoms with E-state index in [1.54, 1.807) is 0 Å². The van der Waals surface area contributed by atoms with Crippen LogP contribution < -0.4 is 5.32 Å². The average molecular weight is 276 g/mol. The first kappa shape index (κ1) is 14.5. The molecule has 1 aliphatic rings. The van der Waals surface area contributed by atoms with Crippen molar-refractivity contribution in [2.24, 2.45) is 0 Å². The standard InChI is InChI=1S/C15H20N2O3/c1-20-15(19)7-9-17-10-8-16-14(18)11-13(17)12-5-3-2-4-6-12/h2-6,13H,7-11H2,1H3,(H,16,18)/t13-/m1/s1. The first-order valence-electron chi connectivity index (χ1n) is 6.83. The van der Waals surface area contributed by atoms with Gasteiger partial charge in [-0.25, -0.2) is 0 Å². The van der Waals surface area contributed by atoms with E-state index in [0.29, 0.717) is 25.9 Å². The van der Waals surface area contributed by atoms with E-state index in [1.807, 2.05) is 30.3 Å². The molecule has 1 aromatic carbocycles. The second kappa shape index (κ2) is 7.05. The lowest BCUT2D eigenvalue weighted by Gasteiger charge is -2.28. The zero-order valence-electron chi connectivity index (χ0n) is 11.7. The lowest BCUT2D eigenvalue weighted by atomic mass is 10.0. The largest absolute Gasteiger partial charge is 0.469 e. The molecule has 1 atom stereocenters. The number of methoxy groups -OCH3 is 1. The Morgan fingerprint density at radius 1 is 1.40 bits per heavy atom. The summed E-state index contributed by atoms with van der Waals surface area (Å²) < 4.78 is 4.69. The van der Waals surface area contributed by atoms with Crippen molar-refractivity contribution < 1.29 is 14.3 Å². The second-order valence-electron chi connectivity index (χ2n) is 4.84. The number of rotatable bonds is 4. The molecular weight excluding hydrogens is 256 g/mol. The summed E-state index contributed by atoms with van der Waals surface area (Å²) in [6, 6.07) is 9.96. The van der Waals surface area contributed by atoms with Gasteiger partial charge >= 0.3 is 5.97 Å². The van der Waals surface area contributed by atoms with Crippen LogP contribution in [-0.2, 0) is 14.3 Å². The van der Waals surface area contributed by atoms with Gasteiger partial charge in [-0.15, -0.1) is 0 Å². The van der Waals surface area contributed by atoms with Gasteiger partial charge in [0.25, 0.3) is 0 Å². The van der Waals surface area contributed by atoms with Crippen molar-refractivity contribution in [3.63, 3.8) is 0 Å². The molecular formula is C15H20N2O3. The van der Waals surface area contributed by atoms with E-state index in [-0.39, 0.29) is 17.9 Å². The zero-order valence-corrected chi connectivity index (χ0v) is 11.7. The number of carbonyl (C=O) groups is 2. The van der Waals surface area contributed by atoms with E-state index in [2.05, 4.69) is 15.0 Å². The van der Waals surface area contributed by atoms with Crippen molar-refractivity contribution in [1.29, 1.82) is 0 Å². The molecule has 1 heterocycles. The van der Waals surface area contributed by atoms with Gasteiger partial charge in [-0.2, -0.15) is 0 Å². The fraction of sp³-hybridized carbons (Fsp3) is 0.467. The summed E-state index contributed by atoms with van der Waals surface area (Å²) in [5.41, 5.74) is 1.11. The molecule has 0 aromatic heterocycles. The molecule has 1 amide bonds. The minimum atomic E-state index is -0.222. The summed E-state index contributed by atoms with van der Waals surface area (Å²) in [4.78, 5) is 25.3. The lowest BCUT2D eigenvalue weighted by Crippen LogP contribution is -2.33. The number of hydrogen-bond acceptors (Lipinski definition) is 4. The molecule has 0 bridgehead atoms. The molecule has 1 aliphatic heterocycles. The topological polar surface area (TPSA) is 58.6 Å². The monoisotopic (exact) mass is 276 g/mol. The number of carbonyl (C=O) groups excluding carboxylic acids is 2. The van der Waals surface area contributed by atoms with E-state index >= 15 is 0 Å². The predicted octanol–water partition coefficient (Wildman–Crippen LogP) is 1.11.